The van der Waals surface area contributed by atoms with Crippen molar-refractivity contribution in [1.82, 2.24) is 5.32 Å². The van der Waals surface area contributed by atoms with Crippen LogP contribution in [0, 0.1) is 5.92 Å². The van der Waals surface area contributed by atoms with Gasteiger partial charge in [0.25, 0.3) is 0 Å². The van der Waals surface area contributed by atoms with Crippen LogP contribution in [0.25, 0.3) is 0 Å². The third-order valence-electron chi connectivity index (χ3n) is 2.39. The van der Waals surface area contributed by atoms with Gasteiger partial charge in [0.2, 0.25) is 5.91 Å². The first-order valence-corrected chi connectivity index (χ1v) is 4.21. The molecule has 1 aliphatic carbocycles. The number of amides is 1. The van der Waals surface area contributed by atoms with Gasteiger partial charge in [-0.25, -0.2) is 0 Å². The number of halogens is 2. The second-order valence-corrected chi connectivity index (χ2v) is 3.23. The molecule has 1 saturated carbocycles. The summed E-state index contributed by atoms with van der Waals surface area (Å²) in [6.07, 6.45) is 3.91. The van der Waals surface area contributed by atoms with E-state index >= 15 is 0 Å². The highest BCUT2D eigenvalue weighted by Gasteiger charge is 2.23. The Morgan fingerprint density at radius 2 is 1.69 bits per heavy atom. The molecule has 0 aliphatic heterocycles. The molecule has 0 spiro atoms. The van der Waals surface area contributed by atoms with Gasteiger partial charge in [0.1, 0.15) is 0 Å². The Balaban J connectivity index is 0. The highest BCUT2D eigenvalue weighted by molar-refractivity contribution is 5.85. The molecule has 0 unspecified atom stereocenters. The Bertz CT molecular complexity index is 147. The average molecular weight is 229 g/mol. The van der Waals surface area contributed by atoms with E-state index in [9.17, 15) is 4.79 Å². The molecule has 1 amide bonds. The molecular weight excluding hydrogens is 211 g/mol. The molecule has 1 fully saturated rings. The van der Waals surface area contributed by atoms with E-state index in [1.807, 2.05) is 0 Å². The summed E-state index contributed by atoms with van der Waals surface area (Å²) in [5.41, 5.74) is 5.71. The summed E-state index contributed by atoms with van der Waals surface area (Å²) in [6.45, 7) is 0. The summed E-state index contributed by atoms with van der Waals surface area (Å²) < 4.78 is 0. The Labute approximate surface area is 91.6 Å². The second kappa shape index (κ2) is 7.42. The SMILES string of the molecule is CNC(=O)C1CCC(N)CC1.Cl.Cl. The lowest BCUT2D eigenvalue weighted by Crippen LogP contribution is -2.34. The summed E-state index contributed by atoms with van der Waals surface area (Å²) in [6, 6.07) is 0.330. The van der Waals surface area contributed by atoms with E-state index in [4.69, 9.17) is 5.73 Å². The molecule has 0 heterocycles. The summed E-state index contributed by atoms with van der Waals surface area (Å²) in [5, 5.41) is 2.67. The van der Waals surface area contributed by atoms with Crippen molar-refractivity contribution in [2.75, 3.05) is 7.05 Å². The zero-order valence-electron chi connectivity index (χ0n) is 7.79. The van der Waals surface area contributed by atoms with Crippen LogP contribution < -0.4 is 11.1 Å². The lowest BCUT2D eigenvalue weighted by molar-refractivity contribution is -0.125. The van der Waals surface area contributed by atoms with Gasteiger partial charge < -0.3 is 11.1 Å². The molecule has 0 aromatic heterocycles. The minimum Gasteiger partial charge on any atom is -0.359 e. The Morgan fingerprint density at radius 1 is 1.23 bits per heavy atom. The normalized spacial score (nSPS) is 26.6. The van der Waals surface area contributed by atoms with E-state index in [0.29, 0.717) is 6.04 Å². The quantitative estimate of drug-likeness (QED) is 0.707. The Hall–Kier alpha value is 0.01000. The molecule has 0 aromatic carbocycles. The van der Waals surface area contributed by atoms with E-state index in [-0.39, 0.29) is 36.6 Å². The minimum atomic E-state index is 0. The van der Waals surface area contributed by atoms with Crippen molar-refractivity contribution in [3.63, 3.8) is 0 Å². The average Bonchev–Trinajstić information content (AvgIpc) is 2.05. The zero-order chi connectivity index (χ0) is 8.27. The maximum absolute atomic E-state index is 11.1. The maximum Gasteiger partial charge on any atom is 0.222 e. The monoisotopic (exact) mass is 228 g/mol. The van der Waals surface area contributed by atoms with Crippen LogP contribution in [0.3, 0.4) is 0 Å². The number of nitrogens with one attached hydrogen (secondary N) is 1. The van der Waals surface area contributed by atoms with Crippen LogP contribution >= 0.6 is 24.8 Å². The number of carbonyl (C=O) groups is 1. The summed E-state index contributed by atoms with van der Waals surface area (Å²) in [7, 11) is 1.69. The van der Waals surface area contributed by atoms with Crippen molar-refractivity contribution >= 4 is 30.7 Å². The third kappa shape index (κ3) is 4.69. The standard InChI is InChI=1S/C8H16N2O.2ClH/c1-10-8(11)6-2-4-7(9)5-3-6;;/h6-7H,2-5,9H2,1H3,(H,10,11);2*1H. The van der Waals surface area contributed by atoms with Gasteiger partial charge in [-0.1, -0.05) is 0 Å². The maximum atomic E-state index is 11.1. The first-order chi connectivity index (χ1) is 5.24. The fourth-order valence-electron chi connectivity index (χ4n) is 1.59. The topological polar surface area (TPSA) is 55.1 Å². The van der Waals surface area contributed by atoms with Gasteiger partial charge in [0.05, 0.1) is 0 Å². The van der Waals surface area contributed by atoms with Crippen LogP contribution in [0.15, 0.2) is 0 Å². The van der Waals surface area contributed by atoms with E-state index in [2.05, 4.69) is 5.32 Å². The Kier molecular flexibility index (Phi) is 8.83. The number of hydrogen-bond acceptors (Lipinski definition) is 2. The highest BCUT2D eigenvalue weighted by Crippen LogP contribution is 2.22. The molecule has 1 aliphatic rings. The largest absolute Gasteiger partial charge is 0.359 e. The Morgan fingerprint density at radius 3 is 2.08 bits per heavy atom. The molecule has 0 radical (unpaired) electrons. The van der Waals surface area contributed by atoms with E-state index in [0.717, 1.165) is 25.7 Å². The van der Waals surface area contributed by atoms with Gasteiger partial charge in [-0.05, 0) is 25.7 Å². The van der Waals surface area contributed by atoms with E-state index in [1.54, 1.807) is 7.05 Å². The van der Waals surface area contributed by atoms with Crippen LogP contribution in [0.2, 0.25) is 0 Å². The molecule has 0 aromatic rings. The molecular formula is C8H18Cl2N2O. The van der Waals surface area contributed by atoms with Crippen molar-refractivity contribution < 1.29 is 4.79 Å². The summed E-state index contributed by atoms with van der Waals surface area (Å²) in [4.78, 5) is 11.1. The van der Waals surface area contributed by atoms with Gasteiger partial charge >= 0.3 is 0 Å². The molecule has 1 rings (SSSR count). The van der Waals surface area contributed by atoms with Gasteiger partial charge in [-0.2, -0.15) is 0 Å². The molecule has 0 saturated heterocycles. The lowest BCUT2D eigenvalue weighted by Gasteiger charge is -2.24. The van der Waals surface area contributed by atoms with Gasteiger partial charge in [0, 0.05) is 19.0 Å². The first kappa shape index (κ1) is 15.5. The fourth-order valence-corrected chi connectivity index (χ4v) is 1.59. The number of carbonyl (C=O) groups excluding carboxylic acids is 1. The van der Waals surface area contributed by atoms with Crippen LogP contribution in [-0.2, 0) is 4.79 Å². The predicted molar refractivity (Wildman–Crippen MR) is 58.5 cm³/mol. The molecule has 13 heavy (non-hydrogen) atoms. The van der Waals surface area contributed by atoms with Crippen LogP contribution in [0.1, 0.15) is 25.7 Å². The van der Waals surface area contributed by atoms with Crippen molar-refractivity contribution in [3.05, 3.63) is 0 Å². The van der Waals surface area contributed by atoms with Crippen LogP contribution in [0.5, 0.6) is 0 Å². The molecule has 0 atom stereocenters. The molecule has 5 heteroatoms. The van der Waals surface area contributed by atoms with Gasteiger partial charge in [-0.3, -0.25) is 4.79 Å². The molecule has 0 bridgehead atoms. The second-order valence-electron chi connectivity index (χ2n) is 3.23. The smallest absolute Gasteiger partial charge is 0.222 e. The number of nitrogens with two attached hydrogens (primary N) is 1. The van der Waals surface area contributed by atoms with Gasteiger partial charge in [0.15, 0.2) is 0 Å². The van der Waals surface area contributed by atoms with Crippen molar-refractivity contribution in [1.29, 1.82) is 0 Å². The molecule has 80 valence electrons. The van der Waals surface area contributed by atoms with Crippen molar-refractivity contribution in [2.45, 2.75) is 31.7 Å². The number of hydrogen-bond donors (Lipinski definition) is 2. The highest BCUT2D eigenvalue weighted by atomic mass is 35.5. The molecule has 3 nitrogen and oxygen atoms in total. The van der Waals surface area contributed by atoms with E-state index in [1.165, 1.54) is 0 Å². The first-order valence-electron chi connectivity index (χ1n) is 4.21. The van der Waals surface area contributed by atoms with Crippen molar-refractivity contribution in [2.24, 2.45) is 11.7 Å². The van der Waals surface area contributed by atoms with Crippen LogP contribution in [-0.4, -0.2) is 19.0 Å². The zero-order valence-corrected chi connectivity index (χ0v) is 9.42. The van der Waals surface area contributed by atoms with Crippen molar-refractivity contribution in [3.8, 4) is 0 Å². The predicted octanol–water partition coefficient (Wildman–Crippen LogP) is 1.09. The summed E-state index contributed by atoms with van der Waals surface area (Å²) >= 11 is 0. The van der Waals surface area contributed by atoms with E-state index < -0.39 is 0 Å². The van der Waals surface area contributed by atoms with Crippen LogP contribution in [0.4, 0.5) is 0 Å². The summed E-state index contributed by atoms with van der Waals surface area (Å²) in [5.74, 6) is 0.400. The fraction of sp³-hybridized carbons (Fsp3) is 0.875. The minimum absolute atomic E-state index is 0. The third-order valence-corrected chi connectivity index (χ3v) is 2.39. The number of rotatable bonds is 1. The molecule has 3 N–H and O–H groups in total. The van der Waals surface area contributed by atoms with Gasteiger partial charge in [-0.15, -0.1) is 24.8 Å². The lowest BCUT2D eigenvalue weighted by atomic mass is 9.86.